The lowest BCUT2D eigenvalue weighted by molar-refractivity contribution is -0.0542. The molecule has 0 aromatic carbocycles. The molecule has 4 rings (SSSR count). The summed E-state index contributed by atoms with van der Waals surface area (Å²) in [6.45, 7) is -2.40. The maximum atomic E-state index is 12.5. The standard InChI is InChI=1S/C19H29N4O25P5/c24-10-1-3-22(18(30)20-10)16-14(28)12(26)8(44-16)5-42-49(32,33)7-50(34,35)46-52(38,39)48-53(40,41)47-51(36,37)43-6-9-13(27)15(29)17(45-9)23-4-2-11(25)21-19(23)31/h1-4,8-9,12-17,26-29H,5-7H2,(H,32,33)(H,34,35)(H,36,37)(H,38,39)(H,40,41)(H,20,24,30)(H,21,25,31)/t8-,9-,12+,13+,14?,15?,16-,17-/m1/s1. The van der Waals surface area contributed by atoms with Gasteiger partial charge in [0.1, 0.15) is 36.6 Å². The molecule has 2 aliphatic heterocycles. The van der Waals surface area contributed by atoms with Gasteiger partial charge in [-0.25, -0.2) is 27.6 Å². The van der Waals surface area contributed by atoms with E-state index in [9.17, 15) is 86.9 Å². The van der Waals surface area contributed by atoms with Gasteiger partial charge in [-0.3, -0.25) is 42.3 Å². The molecule has 0 amide bonds. The van der Waals surface area contributed by atoms with Crippen molar-refractivity contribution in [3.8, 4) is 0 Å². The molecule has 53 heavy (non-hydrogen) atoms. The van der Waals surface area contributed by atoms with E-state index < -0.39 is 129 Å². The molecule has 300 valence electrons. The number of H-pyrrole nitrogens is 2. The van der Waals surface area contributed by atoms with Crippen LogP contribution in [-0.4, -0.2) is 120 Å². The highest BCUT2D eigenvalue weighted by atomic mass is 31.3. The second-order valence-corrected chi connectivity index (χ2v) is 19.8. The Kier molecular flexibility index (Phi) is 13.3. The van der Waals surface area contributed by atoms with Gasteiger partial charge in [0.15, 0.2) is 18.4 Å². The summed E-state index contributed by atoms with van der Waals surface area (Å²) >= 11 is 0. The van der Waals surface area contributed by atoms with Crippen LogP contribution in [0.25, 0.3) is 0 Å². The van der Waals surface area contributed by atoms with Gasteiger partial charge in [-0.15, -0.1) is 0 Å². The predicted molar refractivity (Wildman–Crippen MR) is 164 cm³/mol. The maximum absolute atomic E-state index is 12.5. The van der Waals surface area contributed by atoms with Crippen molar-refractivity contribution in [2.75, 3.05) is 19.1 Å². The Morgan fingerprint density at radius 2 is 0.981 bits per heavy atom. The molecular weight excluding hydrogens is 839 g/mol. The smallest absolute Gasteiger partial charge is 0.387 e. The van der Waals surface area contributed by atoms with Gasteiger partial charge < -0.3 is 58.9 Å². The van der Waals surface area contributed by atoms with E-state index in [1.165, 1.54) is 0 Å². The fraction of sp³-hybridized carbons (Fsp3) is 0.579. The zero-order valence-corrected chi connectivity index (χ0v) is 30.2. The quantitative estimate of drug-likeness (QED) is 0.0717. The summed E-state index contributed by atoms with van der Waals surface area (Å²) < 4.78 is 93.4. The molecule has 0 saturated carbocycles. The predicted octanol–water partition coefficient (Wildman–Crippen LogP) is -3.96. The van der Waals surface area contributed by atoms with Gasteiger partial charge in [-0.2, -0.15) is 8.62 Å². The fourth-order valence-electron chi connectivity index (χ4n) is 4.57. The van der Waals surface area contributed by atoms with Crippen LogP contribution in [-0.2, 0) is 54.3 Å². The SMILES string of the molecule is O=c1ccn([C@@H]2O[C@H](COP(=O)(O)CP(=O)(O)OP(=O)(O)OP(=O)(O)OP(=O)(O)OC[C@H]3O[C@@H](n4ccc(=O)[nH]c4=O)C(O)[C@H]3O)[C@H](O)C2O)c(=O)[nH]1. The average Bonchev–Trinajstić information content (AvgIpc) is 3.42. The summed E-state index contributed by atoms with van der Waals surface area (Å²) in [5.41, 5.74) is -3.83. The zero-order chi connectivity index (χ0) is 39.9. The van der Waals surface area contributed by atoms with Crippen LogP contribution in [0.1, 0.15) is 12.5 Å². The number of phosphoric acid groups is 3. The molecule has 2 aromatic heterocycles. The molecule has 4 heterocycles. The largest absolute Gasteiger partial charge is 0.490 e. The van der Waals surface area contributed by atoms with E-state index in [0.717, 1.165) is 24.5 Å². The molecule has 7 unspecified atom stereocenters. The highest BCUT2D eigenvalue weighted by Crippen LogP contribution is 2.73. The molecule has 0 aliphatic carbocycles. The van der Waals surface area contributed by atoms with E-state index in [1.807, 2.05) is 9.97 Å². The minimum Gasteiger partial charge on any atom is -0.387 e. The molecule has 0 radical (unpaired) electrons. The van der Waals surface area contributed by atoms with Gasteiger partial charge in [-0.05, 0) is 0 Å². The highest BCUT2D eigenvalue weighted by Gasteiger charge is 2.50. The number of nitrogens with zero attached hydrogens (tertiary/aromatic N) is 2. The molecule has 2 aliphatic rings. The number of rotatable bonds is 16. The monoisotopic (exact) mass is 868 g/mol. The summed E-state index contributed by atoms with van der Waals surface area (Å²) in [7, 11) is -29.9. The molecule has 0 bridgehead atoms. The van der Waals surface area contributed by atoms with Crippen LogP contribution < -0.4 is 22.5 Å². The maximum Gasteiger partial charge on any atom is 0.490 e. The summed E-state index contributed by atoms with van der Waals surface area (Å²) in [6.07, 6.45) is -12.7. The molecule has 2 fully saturated rings. The Morgan fingerprint density at radius 3 is 1.42 bits per heavy atom. The van der Waals surface area contributed by atoms with Crippen LogP contribution in [0.4, 0.5) is 0 Å². The van der Waals surface area contributed by atoms with Crippen LogP contribution >= 0.6 is 38.7 Å². The van der Waals surface area contributed by atoms with E-state index >= 15 is 0 Å². The van der Waals surface area contributed by atoms with Gasteiger partial charge in [0, 0.05) is 24.5 Å². The van der Waals surface area contributed by atoms with Crippen molar-refractivity contribution in [2.24, 2.45) is 0 Å². The van der Waals surface area contributed by atoms with Gasteiger partial charge >= 0.3 is 50.0 Å². The van der Waals surface area contributed by atoms with Crippen LogP contribution in [0.5, 0.6) is 0 Å². The lowest BCUT2D eigenvalue weighted by atomic mass is 10.1. The first-order chi connectivity index (χ1) is 24.2. The molecule has 11 N–H and O–H groups in total. The van der Waals surface area contributed by atoms with Gasteiger partial charge in [0.25, 0.3) is 11.1 Å². The van der Waals surface area contributed by atoms with Crippen LogP contribution in [0.2, 0.25) is 0 Å². The van der Waals surface area contributed by atoms with Crippen molar-refractivity contribution in [1.29, 1.82) is 0 Å². The minimum absolute atomic E-state index is 0.622. The number of nitrogens with one attached hydrogen (secondary N) is 2. The number of ether oxygens (including phenoxy) is 2. The third kappa shape index (κ3) is 11.5. The molecule has 34 heteroatoms. The number of phosphoric ester groups is 1. The fourth-order valence-corrected chi connectivity index (χ4v) is 12.4. The van der Waals surface area contributed by atoms with Crippen molar-refractivity contribution >= 4 is 38.7 Å². The van der Waals surface area contributed by atoms with Gasteiger partial charge in [0.2, 0.25) is 0 Å². The van der Waals surface area contributed by atoms with Gasteiger partial charge in [-0.1, -0.05) is 0 Å². The Hall–Kier alpha value is -2.13. The first kappa shape index (κ1) is 43.6. The second kappa shape index (κ2) is 16.2. The second-order valence-electron chi connectivity index (χ2n) is 10.8. The summed E-state index contributed by atoms with van der Waals surface area (Å²) in [6, 6.07) is 1.71. The molecule has 0 spiro atoms. The number of aliphatic hydroxyl groups is 4. The van der Waals surface area contributed by atoms with Gasteiger partial charge in [0.05, 0.1) is 13.2 Å². The van der Waals surface area contributed by atoms with E-state index in [2.05, 4.69) is 22.0 Å². The molecule has 29 nitrogen and oxygen atoms in total. The third-order valence-corrected chi connectivity index (χ3v) is 15.8. The van der Waals surface area contributed by atoms with Crippen LogP contribution in [0.3, 0.4) is 0 Å². The molecule has 13 atom stereocenters. The molecule has 2 aromatic rings. The Labute approximate surface area is 291 Å². The number of hydrogen-bond acceptors (Lipinski definition) is 20. The number of hydrogen-bond donors (Lipinski definition) is 11. The van der Waals surface area contributed by atoms with Crippen molar-refractivity contribution < 1.29 is 99.2 Å². The van der Waals surface area contributed by atoms with E-state index in [0.29, 0.717) is 9.13 Å². The Morgan fingerprint density at radius 1 is 0.585 bits per heavy atom. The van der Waals surface area contributed by atoms with E-state index in [4.69, 9.17) is 9.47 Å². The summed E-state index contributed by atoms with van der Waals surface area (Å²) in [5, 5.41) is 40.8. The summed E-state index contributed by atoms with van der Waals surface area (Å²) in [5.74, 6) is -2.05. The summed E-state index contributed by atoms with van der Waals surface area (Å²) in [4.78, 5) is 99.4. The van der Waals surface area contributed by atoms with Crippen LogP contribution in [0.15, 0.2) is 43.7 Å². The van der Waals surface area contributed by atoms with Crippen molar-refractivity contribution in [3.63, 3.8) is 0 Å². The first-order valence-electron chi connectivity index (χ1n) is 13.9. The lowest BCUT2D eigenvalue weighted by Crippen LogP contribution is -2.37. The Bertz CT molecular complexity index is 2000. The van der Waals surface area contributed by atoms with E-state index in [-0.39, 0.29) is 0 Å². The van der Waals surface area contributed by atoms with Crippen molar-refractivity contribution in [2.45, 2.75) is 49.1 Å². The highest BCUT2D eigenvalue weighted by molar-refractivity contribution is 7.75. The molecule has 2 saturated heterocycles. The Balaban J connectivity index is 1.30. The first-order valence-corrected chi connectivity index (χ1v) is 21.9. The van der Waals surface area contributed by atoms with E-state index in [1.54, 1.807) is 0 Å². The zero-order valence-electron chi connectivity index (χ0n) is 25.7. The minimum atomic E-state index is -6.36. The number of aromatic amines is 2. The average molecular weight is 868 g/mol. The number of aromatic nitrogens is 4. The molecular formula is C19H29N4O25P5. The lowest BCUT2D eigenvalue weighted by Gasteiger charge is -2.22. The normalized spacial score (nSPS) is 31.9. The van der Waals surface area contributed by atoms with Crippen molar-refractivity contribution in [3.05, 3.63) is 66.2 Å². The third-order valence-electron chi connectivity index (χ3n) is 6.77. The van der Waals surface area contributed by atoms with Crippen LogP contribution in [0, 0.1) is 0 Å². The van der Waals surface area contributed by atoms with Crippen molar-refractivity contribution in [1.82, 2.24) is 19.1 Å². The topological polar surface area (TPSA) is 442 Å². The number of aliphatic hydroxyl groups excluding tert-OH is 4.